The average molecular weight is 157 g/mol. The van der Waals surface area contributed by atoms with E-state index in [9.17, 15) is 0 Å². The molecule has 0 aromatic heterocycles. The van der Waals surface area contributed by atoms with Gasteiger partial charge in [-0.15, -0.1) is 0 Å². The minimum Gasteiger partial charge on any atom is -0.378 e. The fourth-order valence-electron chi connectivity index (χ4n) is 1.61. The Morgan fingerprint density at radius 1 is 1.55 bits per heavy atom. The van der Waals surface area contributed by atoms with Crippen LogP contribution in [0.2, 0.25) is 0 Å². The third-order valence-electron chi connectivity index (χ3n) is 2.48. The number of hydrogen-bond donors (Lipinski definition) is 1. The highest BCUT2D eigenvalue weighted by Crippen LogP contribution is 2.24. The summed E-state index contributed by atoms with van der Waals surface area (Å²) in [5.74, 6) is 0. The van der Waals surface area contributed by atoms with Gasteiger partial charge in [-0.1, -0.05) is 0 Å². The van der Waals surface area contributed by atoms with Crippen LogP contribution >= 0.6 is 0 Å². The average Bonchev–Trinajstić information content (AvgIpc) is 2.45. The van der Waals surface area contributed by atoms with E-state index in [1.807, 2.05) is 0 Å². The van der Waals surface area contributed by atoms with Crippen LogP contribution in [0.3, 0.4) is 0 Å². The van der Waals surface area contributed by atoms with Crippen LogP contribution in [0.4, 0.5) is 0 Å². The van der Waals surface area contributed by atoms with Gasteiger partial charge in [-0.25, -0.2) is 0 Å². The van der Waals surface area contributed by atoms with E-state index < -0.39 is 0 Å². The van der Waals surface area contributed by atoms with Gasteiger partial charge in [0.1, 0.15) is 5.60 Å². The Balaban J connectivity index is 1.94. The summed E-state index contributed by atoms with van der Waals surface area (Å²) in [6, 6.07) is 0.501. The highest BCUT2D eigenvalue weighted by molar-refractivity contribution is 4.91. The van der Waals surface area contributed by atoms with Crippen molar-refractivity contribution in [2.75, 3.05) is 26.4 Å². The number of ether oxygens (including phenoxy) is 2. The van der Waals surface area contributed by atoms with Crippen molar-refractivity contribution in [2.45, 2.75) is 25.0 Å². The van der Waals surface area contributed by atoms with Crippen LogP contribution in [0.25, 0.3) is 0 Å². The molecule has 11 heavy (non-hydrogen) atoms. The first-order valence-electron chi connectivity index (χ1n) is 4.26. The second-order valence-corrected chi connectivity index (χ2v) is 3.58. The number of morpholine rings is 1. The molecular formula is C8H15NO2. The van der Waals surface area contributed by atoms with Gasteiger partial charge in [-0.05, 0) is 6.92 Å². The first kappa shape index (κ1) is 7.53. The third-order valence-corrected chi connectivity index (χ3v) is 2.48. The quantitative estimate of drug-likeness (QED) is 0.543. The lowest BCUT2D eigenvalue weighted by Crippen LogP contribution is -2.53. The molecule has 3 nitrogen and oxygen atoms in total. The molecule has 2 aliphatic heterocycles. The van der Waals surface area contributed by atoms with E-state index in [-0.39, 0.29) is 5.60 Å². The lowest BCUT2D eigenvalue weighted by Gasteiger charge is -2.35. The van der Waals surface area contributed by atoms with Crippen molar-refractivity contribution in [3.8, 4) is 0 Å². The molecule has 64 valence electrons. The number of nitrogens with one attached hydrogen (secondary N) is 1. The lowest BCUT2D eigenvalue weighted by atomic mass is 10.0. The summed E-state index contributed by atoms with van der Waals surface area (Å²) in [4.78, 5) is 0. The van der Waals surface area contributed by atoms with E-state index in [4.69, 9.17) is 9.47 Å². The van der Waals surface area contributed by atoms with E-state index in [0.29, 0.717) is 6.04 Å². The van der Waals surface area contributed by atoms with Crippen LogP contribution in [0, 0.1) is 0 Å². The molecule has 0 aliphatic carbocycles. The van der Waals surface area contributed by atoms with Crippen molar-refractivity contribution in [3.63, 3.8) is 0 Å². The second-order valence-electron chi connectivity index (χ2n) is 3.58. The minimum atomic E-state index is 0.0203. The van der Waals surface area contributed by atoms with Crippen LogP contribution in [0.5, 0.6) is 0 Å². The molecule has 2 fully saturated rings. The predicted octanol–water partition coefficient (Wildman–Crippen LogP) is 0.154. The Bertz CT molecular complexity index is 133. The minimum absolute atomic E-state index is 0.0203. The third kappa shape index (κ3) is 1.41. The Kier molecular flexibility index (Phi) is 1.87. The highest BCUT2D eigenvalue weighted by Gasteiger charge is 2.38. The maximum absolute atomic E-state index is 5.75. The Morgan fingerprint density at radius 3 is 3.00 bits per heavy atom. The smallest absolute Gasteiger partial charge is 0.106 e. The predicted molar refractivity (Wildman–Crippen MR) is 41.6 cm³/mol. The molecular weight excluding hydrogens is 142 g/mol. The molecule has 2 saturated heterocycles. The van der Waals surface area contributed by atoms with Crippen molar-refractivity contribution < 1.29 is 9.47 Å². The first-order chi connectivity index (χ1) is 5.31. The van der Waals surface area contributed by atoms with Crippen molar-refractivity contribution in [2.24, 2.45) is 0 Å². The summed E-state index contributed by atoms with van der Waals surface area (Å²) < 4.78 is 11.1. The Morgan fingerprint density at radius 2 is 2.45 bits per heavy atom. The monoisotopic (exact) mass is 157 g/mol. The molecule has 2 unspecified atom stereocenters. The molecule has 2 heterocycles. The van der Waals surface area contributed by atoms with E-state index >= 15 is 0 Å². The lowest BCUT2D eigenvalue weighted by molar-refractivity contribution is -0.0813. The Labute approximate surface area is 67.1 Å². The fourth-order valence-corrected chi connectivity index (χ4v) is 1.61. The van der Waals surface area contributed by atoms with Gasteiger partial charge in [0.2, 0.25) is 0 Å². The van der Waals surface area contributed by atoms with E-state index in [0.717, 1.165) is 32.8 Å². The van der Waals surface area contributed by atoms with Gasteiger partial charge < -0.3 is 14.8 Å². The van der Waals surface area contributed by atoms with Crippen LogP contribution < -0.4 is 5.32 Å². The van der Waals surface area contributed by atoms with Crippen LogP contribution in [-0.2, 0) is 9.47 Å². The molecule has 1 N–H and O–H groups in total. The van der Waals surface area contributed by atoms with Crippen molar-refractivity contribution in [3.05, 3.63) is 0 Å². The highest BCUT2D eigenvalue weighted by atomic mass is 16.6. The molecule has 2 rings (SSSR count). The van der Waals surface area contributed by atoms with Crippen molar-refractivity contribution in [1.29, 1.82) is 0 Å². The van der Waals surface area contributed by atoms with Gasteiger partial charge in [-0.3, -0.25) is 0 Å². The summed E-state index contributed by atoms with van der Waals surface area (Å²) in [5.41, 5.74) is 0.0203. The molecule has 0 radical (unpaired) electrons. The van der Waals surface area contributed by atoms with Gasteiger partial charge in [0.25, 0.3) is 0 Å². The molecule has 3 heteroatoms. The fraction of sp³-hybridized carbons (Fsp3) is 1.00. The zero-order chi connectivity index (χ0) is 7.73. The molecule has 2 atom stereocenters. The van der Waals surface area contributed by atoms with Crippen LogP contribution in [0.15, 0.2) is 0 Å². The van der Waals surface area contributed by atoms with Crippen molar-refractivity contribution in [1.82, 2.24) is 5.32 Å². The number of rotatable bonds is 0. The maximum Gasteiger partial charge on any atom is 0.106 e. The summed E-state index contributed by atoms with van der Waals surface area (Å²) in [5, 5.41) is 3.41. The molecule has 2 aliphatic rings. The van der Waals surface area contributed by atoms with Crippen LogP contribution in [0.1, 0.15) is 13.3 Å². The summed E-state index contributed by atoms with van der Waals surface area (Å²) in [6.45, 7) is 5.54. The SMILES string of the molecule is CC1COC2(CCOC2)CN1. The molecule has 0 aromatic rings. The van der Waals surface area contributed by atoms with Gasteiger partial charge in [0.15, 0.2) is 0 Å². The summed E-state index contributed by atoms with van der Waals surface area (Å²) in [6.07, 6.45) is 1.05. The van der Waals surface area contributed by atoms with Gasteiger partial charge >= 0.3 is 0 Å². The summed E-state index contributed by atoms with van der Waals surface area (Å²) >= 11 is 0. The topological polar surface area (TPSA) is 30.5 Å². The second kappa shape index (κ2) is 2.73. The first-order valence-corrected chi connectivity index (χ1v) is 4.26. The normalized spacial score (nSPS) is 45.0. The Hall–Kier alpha value is -0.120. The van der Waals surface area contributed by atoms with Crippen LogP contribution in [-0.4, -0.2) is 38.0 Å². The van der Waals surface area contributed by atoms with E-state index in [2.05, 4.69) is 12.2 Å². The van der Waals surface area contributed by atoms with Gasteiger partial charge in [0, 0.05) is 25.6 Å². The van der Waals surface area contributed by atoms with Gasteiger partial charge in [0.05, 0.1) is 13.2 Å². The van der Waals surface area contributed by atoms with E-state index in [1.165, 1.54) is 0 Å². The largest absolute Gasteiger partial charge is 0.378 e. The van der Waals surface area contributed by atoms with Gasteiger partial charge in [-0.2, -0.15) is 0 Å². The molecule has 0 aromatic carbocycles. The zero-order valence-corrected chi connectivity index (χ0v) is 6.93. The molecule has 0 saturated carbocycles. The molecule has 0 amide bonds. The molecule has 1 spiro atoms. The zero-order valence-electron chi connectivity index (χ0n) is 6.93. The maximum atomic E-state index is 5.75. The van der Waals surface area contributed by atoms with Crippen molar-refractivity contribution >= 4 is 0 Å². The van der Waals surface area contributed by atoms with E-state index in [1.54, 1.807) is 0 Å². The summed E-state index contributed by atoms with van der Waals surface area (Å²) in [7, 11) is 0. The number of hydrogen-bond acceptors (Lipinski definition) is 3. The molecule has 0 bridgehead atoms. The standard InChI is InChI=1S/C8H15NO2/c1-7-4-11-8(5-9-7)2-3-10-6-8/h7,9H,2-6H2,1H3.